The monoisotopic (exact) mass is 130 g/mol. The molecule has 0 rings (SSSR count). The maximum absolute atomic E-state index is 0. The third-order valence-corrected chi connectivity index (χ3v) is 0. The van der Waals surface area contributed by atoms with Gasteiger partial charge in [-0.2, -0.15) is 0 Å². The van der Waals surface area contributed by atoms with Gasteiger partial charge in [0.2, 0.25) is 0 Å². The summed E-state index contributed by atoms with van der Waals surface area (Å²) in [6, 6.07) is 0. The summed E-state index contributed by atoms with van der Waals surface area (Å²) in [5.74, 6) is 0. The predicted octanol–water partition coefficient (Wildman–Crippen LogP) is -1.50. The van der Waals surface area contributed by atoms with E-state index < -0.39 is 0 Å². The number of hydrogen-bond donors (Lipinski definition) is 0. The number of hydrogen-bond acceptors (Lipinski definition) is 0. The van der Waals surface area contributed by atoms with Crippen LogP contribution in [0.5, 0.6) is 0 Å². The summed E-state index contributed by atoms with van der Waals surface area (Å²) in [6.45, 7) is 0. The molecule has 0 aromatic rings. The van der Waals surface area contributed by atoms with Gasteiger partial charge in [0, 0.05) is 11.0 Å². The van der Waals surface area contributed by atoms with E-state index in [0.717, 1.165) is 0 Å². The Morgan fingerprint density at radius 1 is 0.500 bits per heavy atom. The Kier molecular flexibility index (Phi) is 4080. The molecule has 0 spiro atoms. The molecule has 0 aromatic carbocycles. The van der Waals surface area contributed by atoms with Gasteiger partial charge in [-0.1, -0.05) is 0 Å². The first-order valence-corrected chi connectivity index (χ1v) is 0. The fraction of sp³-hybridized carbons (Fsp3) is 0. The molecule has 0 heterocycles. The Hall–Kier alpha value is 1.16. The van der Waals surface area contributed by atoms with Gasteiger partial charge in [-0.25, -0.2) is 0 Å². The molecule has 0 atom stereocenters. The van der Waals surface area contributed by atoms with Gasteiger partial charge in [0.15, 0.2) is 0 Å². The van der Waals surface area contributed by atoms with Crippen molar-refractivity contribution in [2.45, 2.75) is 0 Å². The summed E-state index contributed by atoms with van der Waals surface area (Å²) in [7, 11) is 0. The quantitative estimate of drug-likeness (QED) is 0.357. The van der Waals surface area contributed by atoms with E-state index in [1.165, 1.54) is 0 Å². The van der Waals surface area contributed by atoms with Crippen molar-refractivity contribution in [3.8, 4) is 0 Å². The minimum atomic E-state index is 0. The minimum absolute atomic E-state index is 0. The minimum Gasteiger partial charge on any atom is -2.00 e. The van der Waals surface area contributed by atoms with Gasteiger partial charge in [-0.15, -0.1) is 0 Å². The van der Waals surface area contributed by atoms with Crippen molar-refractivity contribution in [3.63, 3.8) is 0 Å². The van der Waals surface area contributed by atoms with Crippen LogP contribution in [0.1, 0.15) is 0 Å². The van der Waals surface area contributed by atoms with Crippen LogP contribution in [0.15, 0.2) is 0 Å². The molecule has 0 saturated heterocycles. The molecule has 0 aromatic heterocycles. The molecule has 0 bridgehead atoms. The van der Waals surface area contributed by atoms with Crippen LogP contribution in [0.2, 0.25) is 0 Å². The Bertz CT molecular complexity index is 8.75. The molecular formula is Al2O3Si. The molecule has 0 aliphatic rings. The third kappa shape index (κ3) is 66.2. The molecule has 0 aliphatic heterocycles. The Morgan fingerprint density at radius 3 is 0.500 bits per heavy atom. The normalized spacial score (nSPS) is 0. The van der Waals surface area contributed by atoms with Crippen molar-refractivity contribution in [3.05, 3.63) is 0 Å². The molecule has 0 unspecified atom stereocenters. The largest absolute Gasteiger partial charge is 3.00 e. The van der Waals surface area contributed by atoms with Gasteiger partial charge >= 0.3 is 34.7 Å². The molecule has 6 heteroatoms. The Balaban J connectivity index is 0. The van der Waals surface area contributed by atoms with E-state index in [1.807, 2.05) is 0 Å². The van der Waals surface area contributed by atoms with Crippen LogP contribution in [0.4, 0.5) is 0 Å². The summed E-state index contributed by atoms with van der Waals surface area (Å²) >= 11 is 0. The van der Waals surface area contributed by atoms with E-state index >= 15 is 0 Å². The van der Waals surface area contributed by atoms with E-state index in [0.29, 0.717) is 0 Å². The van der Waals surface area contributed by atoms with Crippen LogP contribution < -0.4 is 0 Å². The van der Waals surface area contributed by atoms with E-state index in [9.17, 15) is 0 Å². The Morgan fingerprint density at radius 2 is 0.500 bits per heavy atom. The van der Waals surface area contributed by atoms with Crippen molar-refractivity contribution in [1.82, 2.24) is 0 Å². The zero-order valence-corrected chi connectivity index (χ0v) is 6.19. The first kappa shape index (κ1) is 201. The van der Waals surface area contributed by atoms with Gasteiger partial charge in [-0.3, -0.25) is 0 Å². The van der Waals surface area contributed by atoms with Gasteiger partial charge in [0.05, 0.1) is 0 Å². The third-order valence-electron chi connectivity index (χ3n) is 0. The van der Waals surface area contributed by atoms with Crippen LogP contribution in [0, 0.1) is 0 Å². The van der Waals surface area contributed by atoms with Crippen LogP contribution in [-0.4, -0.2) is 45.7 Å². The van der Waals surface area contributed by atoms with E-state index in [-0.39, 0.29) is 62.1 Å². The summed E-state index contributed by atoms with van der Waals surface area (Å²) in [6.07, 6.45) is 0. The molecule has 28 valence electrons. The first-order chi connectivity index (χ1) is 0. The van der Waals surface area contributed by atoms with Crippen molar-refractivity contribution in [2.75, 3.05) is 0 Å². The second-order valence-corrected chi connectivity index (χ2v) is 0. The van der Waals surface area contributed by atoms with E-state index in [1.54, 1.807) is 0 Å². The zero-order valence-electron chi connectivity index (χ0n) is 2.88. The molecular weight excluding hydrogens is 130 g/mol. The molecule has 0 aliphatic carbocycles. The fourth-order valence-corrected chi connectivity index (χ4v) is 0. The van der Waals surface area contributed by atoms with Crippen molar-refractivity contribution in [1.29, 1.82) is 0 Å². The van der Waals surface area contributed by atoms with Crippen molar-refractivity contribution >= 4 is 45.7 Å². The molecule has 6 heavy (non-hydrogen) atoms. The van der Waals surface area contributed by atoms with Gasteiger partial charge in [-0.05, 0) is 0 Å². The van der Waals surface area contributed by atoms with Crippen LogP contribution in [0.25, 0.3) is 0 Å². The van der Waals surface area contributed by atoms with Crippen molar-refractivity contribution < 1.29 is 16.4 Å². The van der Waals surface area contributed by atoms with Crippen LogP contribution in [-0.2, 0) is 16.4 Å². The van der Waals surface area contributed by atoms with E-state index in [4.69, 9.17) is 0 Å². The molecule has 0 saturated carbocycles. The molecule has 3 nitrogen and oxygen atoms in total. The van der Waals surface area contributed by atoms with Crippen LogP contribution >= 0.6 is 0 Å². The van der Waals surface area contributed by atoms with Crippen molar-refractivity contribution in [2.24, 2.45) is 0 Å². The molecule has 4 radical (unpaired) electrons. The maximum atomic E-state index is 0. The van der Waals surface area contributed by atoms with Gasteiger partial charge in [0.25, 0.3) is 0 Å². The summed E-state index contributed by atoms with van der Waals surface area (Å²) in [5.41, 5.74) is 0. The zero-order chi connectivity index (χ0) is 0. The van der Waals surface area contributed by atoms with Gasteiger partial charge < -0.3 is 16.4 Å². The standard InChI is InChI=1S/2Al.3O.Si/q2*+3;3*-2;. The first-order valence-electron chi connectivity index (χ1n) is 0. The van der Waals surface area contributed by atoms with E-state index in [2.05, 4.69) is 0 Å². The smallest absolute Gasteiger partial charge is 2.00 e. The Labute approximate surface area is 62.3 Å². The van der Waals surface area contributed by atoms with Gasteiger partial charge in [0.1, 0.15) is 0 Å². The fourth-order valence-electron chi connectivity index (χ4n) is 0. The second-order valence-electron chi connectivity index (χ2n) is 0. The predicted molar refractivity (Wildman–Crippen MR) is 19.3 cm³/mol. The summed E-state index contributed by atoms with van der Waals surface area (Å²) in [4.78, 5) is 0. The average molecular weight is 130 g/mol. The molecule has 0 N–H and O–H groups in total. The molecule has 0 amide bonds. The summed E-state index contributed by atoms with van der Waals surface area (Å²) < 4.78 is 0. The topological polar surface area (TPSA) is 85.5 Å². The second kappa shape index (κ2) is 122. The average Bonchev–Trinajstić information content (AvgIpc) is 0. The SMILES string of the molecule is [Al+3].[Al+3].[O-2].[O-2].[O-2].[Si]. The maximum Gasteiger partial charge on any atom is 3.00 e. The number of rotatable bonds is 0. The molecule has 0 fully saturated rings. The summed E-state index contributed by atoms with van der Waals surface area (Å²) in [5, 5.41) is 0. The van der Waals surface area contributed by atoms with Crippen LogP contribution in [0.3, 0.4) is 0 Å².